The first-order valence-electron chi connectivity index (χ1n) is 5.38. The Kier molecular flexibility index (Phi) is 3.35. The van der Waals surface area contributed by atoms with Crippen LogP contribution >= 0.6 is 0 Å². The van der Waals surface area contributed by atoms with Crippen LogP contribution in [-0.2, 0) is 9.84 Å². The van der Waals surface area contributed by atoms with Crippen molar-refractivity contribution in [3.63, 3.8) is 0 Å². The maximum Gasteiger partial charge on any atom is 0.338 e. The summed E-state index contributed by atoms with van der Waals surface area (Å²) in [5, 5.41) is 8.99. The first-order valence-corrected chi connectivity index (χ1v) is 7.27. The van der Waals surface area contributed by atoms with Gasteiger partial charge in [0.2, 0.25) is 0 Å². The Bertz CT molecular complexity index is 724. The average molecular weight is 277 g/mol. The molecule has 0 atom stereocenters. The zero-order valence-electron chi connectivity index (χ0n) is 10.1. The van der Waals surface area contributed by atoms with E-state index in [4.69, 9.17) is 5.11 Å². The van der Waals surface area contributed by atoms with Crippen LogP contribution in [0, 0.1) is 0 Å². The Labute approximate surface area is 110 Å². The highest BCUT2D eigenvalue weighted by molar-refractivity contribution is 7.90. The summed E-state index contributed by atoms with van der Waals surface area (Å²) in [6.45, 7) is 0. The SMILES string of the molecule is CS(=O)(=O)c1cc(-c2ccccc2)ncc1C(=O)O. The minimum Gasteiger partial charge on any atom is -0.478 e. The molecule has 0 saturated carbocycles. The van der Waals surface area contributed by atoms with Crippen LogP contribution in [-0.4, -0.2) is 30.7 Å². The summed E-state index contributed by atoms with van der Waals surface area (Å²) < 4.78 is 23.3. The third-order valence-electron chi connectivity index (χ3n) is 2.57. The lowest BCUT2D eigenvalue weighted by Crippen LogP contribution is -2.08. The lowest BCUT2D eigenvalue weighted by Gasteiger charge is -2.06. The zero-order valence-corrected chi connectivity index (χ0v) is 10.9. The van der Waals surface area contributed by atoms with Crippen molar-refractivity contribution in [3.05, 3.63) is 48.2 Å². The molecule has 1 aromatic heterocycles. The number of aromatic nitrogens is 1. The van der Waals surface area contributed by atoms with Gasteiger partial charge in [-0.3, -0.25) is 4.98 Å². The topological polar surface area (TPSA) is 84.3 Å². The van der Waals surface area contributed by atoms with Gasteiger partial charge in [-0.05, 0) is 6.07 Å². The Balaban J connectivity index is 2.67. The second-order valence-electron chi connectivity index (χ2n) is 4.01. The predicted molar refractivity (Wildman–Crippen MR) is 69.7 cm³/mol. The summed E-state index contributed by atoms with van der Waals surface area (Å²) in [6.07, 6.45) is 2.05. The van der Waals surface area contributed by atoms with E-state index in [2.05, 4.69) is 4.98 Å². The molecular formula is C13H11NO4S. The van der Waals surface area contributed by atoms with Crippen molar-refractivity contribution in [1.82, 2.24) is 4.98 Å². The number of aromatic carboxylic acids is 1. The summed E-state index contributed by atoms with van der Waals surface area (Å²) >= 11 is 0. The van der Waals surface area contributed by atoms with Gasteiger partial charge < -0.3 is 5.11 Å². The molecule has 1 heterocycles. The van der Waals surface area contributed by atoms with Gasteiger partial charge in [0.05, 0.1) is 16.2 Å². The highest BCUT2D eigenvalue weighted by atomic mass is 32.2. The zero-order chi connectivity index (χ0) is 14.0. The predicted octanol–water partition coefficient (Wildman–Crippen LogP) is 1.85. The van der Waals surface area contributed by atoms with Gasteiger partial charge in [-0.25, -0.2) is 13.2 Å². The van der Waals surface area contributed by atoms with Gasteiger partial charge in [0.1, 0.15) is 0 Å². The number of carboxylic acid groups (broad SMARTS) is 1. The first-order chi connectivity index (χ1) is 8.89. The quantitative estimate of drug-likeness (QED) is 0.925. The fraction of sp³-hybridized carbons (Fsp3) is 0.0769. The second kappa shape index (κ2) is 4.81. The van der Waals surface area contributed by atoms with Crippen molar-refractivity contribution in [2.24, 2.45) is 0 Å². The van der Waals surface area contributed by atoms with Crippen molar-refractivity contribution in [2.45, 2.75) is 4.90 Å². The van der Waals surface area contributed by atoms with Gasteiger partial charge in [0, 0.05) is 18.0 Å². The van der Waals surface area contributed by atoms with Crippen LogP contribution in [0.15, 0.2) is 47.5 Å². The molecule has 0 aliphatic heterocycles. The summed E-state index contributed by atoms with van der Waals surface area (Å²) in [7, 11) is -3.63. The van der Waals surface area contributed by atoms with Gasteiger partial charge in [-0.15, -0.1) is 0 Å². The van der Waals surface area contributed by atoms with Crippen LogP contribution in [0.3, 0.4) is 0 Å². The molecule has 0 spiro atoms. The Morgan fingerprint density at radius 2 is 1.84 bits per heavy atom. The molecule has 1 aromatic carbocycles. The van der Waals surface area contributed by atoms with Crippen molar-refractivity contribution in [2.75, 3.05) is 6.26 Å². The molecule has 0 unspecified atom stereocenters. The van der Waals surface area contributed by atoms with E-state index in [0.717, 1.165) is 18.0 Å². The van der Waals surface area contributed by atoms with E-state index in [0.29, 0.717) is 5.69 Å². The summed E-state index contributed by atoms with van der Waals surface area (Å²) in [5.41, 5.74) is 0.831. The van der Waals surface area contributed by atoms with E-state index < -0.39 is 15.8 Å². The van der Waals surface area contributed by atoms with Crippen LogP contribution < -0.4 is 0 Å². The average Bonchev–Trinajstić information content (AvgIpc) is 2.38. The minimum absolute atomic E-state index is 0.228. The monoisotopic (exact) mass is 277 g/mol. The molecule has 0 bridgehead atoms. The highest BCUT2D eigenvalue weighted by Crippen LogP contribution is 2.22. The summed E-state index contributed by atoms with van der Waals surface area (Å²) in [6, 6.07) is 10.2. The molecule has 5 nitrogen and oxygen atoms in total. The highest BCUT2D eigenvalue weighted by Gasteiger charge is 2.20. The molecule has 2 aromatic rings. The fourth-order valence-corrected chi connectivity index (χ4v) is 2.54. The normalized spacial score (nSPS) is 11.2. The van der Waals surface area contributed by atoms with Crippen molar-refractivity contribution in [1.29, 1.82) is 0 Å². The van der Waals surface area contributed by atoms with Crippen LogP contribution in [0.25, 0.3) is 11.3 Å². The standard InChI is InChI=1S/C13H11NO4S/c1-19(17,18)12-7-11(9-5-3-2-4-6-9)14-8-10(12)13(15)16/h2-8H,1H3,(H,15,16). The number of hydrogen-bond acceptors (Lipinski definition) is 4. The maximum absolute atomic E-state index is 11.7. The van der Waals surface area contributed by atoms with E-state index >= 15 is 0 Å². The molecular weight excluding hydrogens is 266 g/mol. The number of carbonyl (C=O) groups is 1. The van der Waals surface area contributed by atoms with E-state index in [1.807, 2.05) is 6.07 Å². The number of carboxylic acids is 1. The summed E-state index contributed by atoms with van der Waals surface area (Å²) in [4.78, 5) is 14.8. The number of benzene rings is 1. The van der Waals surface area contributed by atoms with Gasteiger partial charge in [0.25, 0.3) is 0 Å². The molecule has 0 fully saturated rings. The summed E-state index contributed by atoms with van der Waals surface area (Å²) in [5.74, 6) is -1.31. The third kappa shape index (κ3) is 2.79. The Morgan fingerprint density at radius 3 is 2.37 bits per heavy atom. The molecule has 6 heteroatoms. The molecule has 19 heavy (non-hydrogen) atoms. The number of sulfone groups is 1. The molecule has 0 aliphatic rings. The number of pyridine rings is 1. The first kappa shape index (κ1) is 13.2. The molecule has 98 valence electrons. The van der Waals surface area contributed by atoms with Gasteiger partial charge >= 0.3 is 5.97 Å². The Hall–Kier alpha value is -2.21. The smallest absolute Gasteiger partial charge is 0.338 e. The molecule has 2 rings (SSSR count). The van der Waals surface area contributed by atoms with Crippen molar-refractivity contribution >= 4 is 15.8 Å². The van der Waals surface area contributed by atoms with Crippen molar-refractivity contribution < 1.29 is 18.3 Å². The molecule has 0 saturated heterocycles. The second-order valence-corrected chi connectivity index (χ2v) is 5.99. The molecule has 0 aliphatic carbocycles. The van der Waals surface area contributed by atoms with Crippen LogP contribution in [0.4, 0.5) is 0 Å². The minimum atomic E-state index is -3.63. The van der Waals surface area contributed by atoms with Crippen LogP contribution in [0.2, 0.25) is 0 Å². The fourth-order valence-electron chi connectivity index (χ4n) is 1.67. The van der Waals surface area contributed by atoms with E-state index in [1.54, 1.807) is 24.3 Å². The third-order valence-corrected chi connectivity index (χ3v) is 3.70. The largest absolute Gasteiger partial charge is 0.478 e. The number of rotatable bonds is 3. The van der Waals surface area contributed by atoms with E-state index in [9.17, 15) is 13.2 Å². The van der Waals surface area contributed by atoms with Gasteiger partial charge in [0.15, 0.2) is 9.84 Å². The number of nitrogens with zero attached hydrogens (tertiary/aromatic N) is 1. The lowest BCUT2D eigenvalue weighted by molar-refractivity contribution is 0.0692. The molecule has 1 N–H and O–H groups in total. The Morgan fingerprint density at radius 1 is 1.21 bits per heavy atom. The van der Waals surface area contributed by atoms with E-state index in [1.165, 1.54) is 6.07 Å². The van der Waals surface area contributed by atoms with E-state index in [-0.39, 0.29) is 10.5 Å². The number of hydrogen-bond donors (Lipinski definition) is 1. The van der Waals surface area contributed by atoms with Crippen LogP contribution in [0.1, 0.15) is 10.4 Å². The lowest BCUT2D eigenvalue weighted by atomic mass is 10.1. The van der Waals surface area contributed by atoms with Crippen molar-refractivity contribution in [3.8, 4) is 11.3 Å². The molecule has 0 radical (unpaired) electrons. The molecule has 0 amide bonds. The van der Waals surface area contributed by atoms with Crippen LogP contribution in [0.5, 0.6) is 0 Å². The van der Waals surface area contributed by atoms with Gasteiger partial charge in [-0.2, -0.15) is 0 Å². The van der Waals surface area contributed by atoms with Gasteiger partial charge in [-0.1, -0.05) is 30.3 Å². The maximum atomic E-state index is 11.7.